The number of benzene rings is 3. The molecule has 160 valence electrons. The molecule has 0 radical (unpaired) electrons. The van der Waals surface area contributed by atoms with E-state index in [1.54, 1.807) is 48.5 Å². The van der Waals surface area contributed by atoms with E-state index in [2.05, 4.69) is 0 Å². The molecule has 0 N–H and O–H groups in total. The Morgan fingerprint density at radius 1 is 0.839 bits per heavy atom. The normalized spacial score (nSPS) is 11.0. The van der Waals surface area contributed by atoms with Gasteiger partial charge in [0.1, 0.15) is 6.54 Å². The molecule has 3 rings (SSSR count). The summed E-state index contributed by atoms with van der Waals surface area (Å²) in [5.41, 5.74) is 0.638. The average Bonchev–Trinajstić information content (AvgIpc) is 2.78. The Morgan fingerprint density at radius 3 is 2.06 bits per heavy atom. The van der Waals surface area contributed by atoms with Gasteiger partial charge in [-0.25, -0.2) is 8.42 Å². The first-order chi connectivity index (χ1) is 14.8. The molecular weight excluding hydrogens is 461 g/mol. The molecule has 0 heterocycles. The number of halogens is 2. The number of nitrogens with zero attached hydrogens (tertiary/aromatic N) is 1. The second-order valence-corrected chi connectivity index (χ2v) is 9.05. The van der Waals surface area contributed by atoms with Crippen molar-refractivity contribution in [1.82, 2.24) is 0 Å². The fourth-order valence-corrected chi connectivity index (χ4v) is 4.49. The summed E-state index contributed by atoms with van der Waals surface area (Å²) in [6, 6.07) is 20.3. The zero-order valence-electron chi connectivity index (χ0n) is 16.1. The number of hydrogen-bond donors (Lipinski definition) is 0. The van der Waals surface area contributed by atoms with Crippen LogP contribution in [0.1, 0.15) is 10.4 Å². The summed E-state index contributed by atoms with van der Waals surface area (Å²) in [5.74, 6) is -1.27. The van der Waals surface area contributed by atoms with Crippen LogP contribution >= 0.6 is 23.2 Å². The average molecular weight is 478 g/mol. The maximum absolute atomic E-state index is 13.2. The van der Waals surface area contributed by atoms with Crippen LogP contribution < -0.4 is 4.31 Å². The summed E-state index contributed by atoms with van der Waals surface area (Å²) in [6.45, 7) is -1.13. The number of sulfonamides is 1. The molecule has 0 amide bonds. The maximum atomic E-state index is 13.2. The van der Waals surface area contributed by atoms with E-state index in [4.69, 9.17) is 27.9 Å². The third-order valence-electron chi connectivity index (χ3n) is 4.26. The zero-order chi connectivity index (χ0) is 22.4. The van der Waals surface area contributed by atoms with Gasteiger partial charge < -0.3 is 4.74 Å². The highest BCUT2D eigenvalue weighted by Gasteiger charge is 2.28. The second-order valence-electron chi connectivity index (χ2n) is 6.37. The SMILES string of the molecule is O=C(CN(c1ccccc1)S(=O)(=O)c1ccc(Cl)c(Cl)c1)OCC(=O)c1ccccc1. The molecular formula is C22H17Cl2NO5S. The Hall–Kier alpha value is -2.87. The van der Waals surface area contributed by atoms with Gasteiger partial charge in [-0.15, -0.1) is 0 Å². The third kappa shape index (κ3) is 5.64. The lowest BCUT2D eigenvalue weighted by Crippen LogP contribution is -2.37. The summed E-state index contributed by atoms with van der Waals surface area (Å²) in [6.07, 6.45) is 0. The smallest absolute Gasteiger partial charge is 0.327 e. The van der Waals surface area contributed by atoms with Gasteiger partial charge >= 0.3 is 5.97 Å². The number of para-hydroxylation sites is 1. The Labute approximate surface area is 190 Å². The van der Waals surface area contributed by atoms with Gasteiger partial charge in [0, 0.05) is 5.56 Å². The topological polar surface area (TPSA) is 80.8 Å². The molecule has 0 aliphatic carbocycles. The van der Waals surface area contributed by atoms with Crippen LogP contribution in [0.25, 0.3) is 0 Å². The minimum atomic E-state index is -4.17. The van der Waals surface area contributed by atoms with Crippen LogP contribution in [0.15, 0.2) is 83.8 Å². The molecule has 0 aliphatic rings. The molecule has 3 aromatic rings. The predicted octanol–water partition coefficient (Wildman–Crippen LogP) is 4.61. The molecule has 3 aromatic carbocycles. The first kappa shape index (κ1) is 22.8. The number of carbonyl (C=O) groups excluding carboxylic acids is 2. The van der Waals surface area contributed by atoms with Crippen molar-refractivity contribution in [1.29, 1.82) is 0 Å². The Bertz CT molecular complexity index is 1190. The van der Waals surface area contributed by atoms with E-state index in [0.717, 1.165) is 4.31 Å². The molecule has 0 saturated heterocycles. The molecule has 0 unspecified atom stereocenters. The van der Waals surface area contributed by atoms with Crippen LogP contribution in [-0.2, 0) is 19.6 Å². The Morgan fingerprint density at radius 2 is 1.45 bits per heavy atom. The van der Waals surface area contributed by atoms with Crippen molar-refractivity contribution in [2.45, 2.75) is 4.90 Å². The Kier molecular flexibility index (Phi) is 7.33. The first-order valence-electron chi connectivity index (χ1n) is 9.06. The van der Waals surface area contributed by atoms with Gasteiger partial charge in [-0.3, -0.25) is 13.9 Å². The molecule has 0 saturated carbocycles. The lowest BCUT2D eigenvalue weighted by molar-refractivity contribution is -0.140. The van der Waals surface area contributed by atoms with Gasteiger partial charge in [-0.1, -0.05) is 71.7 Å². The highest BCUT2D eigenvalue weighted by Crippen LogP contribution is 2.29. The van der Waals surface area contributed by atoms with Crippen LogP contribution in [0.3, 0.4) is 0 Å². The van der Waals surface area contributed by atoms with Gasteiger partial charge in [0.15, 0.2) is 12.4 Å². The predicted molar refractivity (Wildman–Crippen MR) is 119 cm³/mol. The van der Waals surface area contributed by atoms with E-state index >= 15 is 0 Å². The number of Topliss-reactive ketones (excluding diaryl/α,β-unsaturated/α-hetero) is 1. The van der Waals surface area contributed by atoms with Crippen molar-refractivity contribution >= 4 is 50.7 Å². The largest absolute Gasteiger partial charge is 0.456 e. The Balaban J connectivity index is 1.82. The summed E-state index contributed by atoms with van der Waals surface area (Å²) in [4.78, 5) is 24.5. The quantitative estimate of drug-likeness (QED) is 0.349. The van der Waals surface area contributed by atoms with E-state index < -0.39 is 34.9 Å². The van der Waals surface area contributed by atoms with Crippen molar-refractivity contribution in [3.8, 4) is 0 Å². The van der Waals surface area contributed by atoms with Gasteiger partial charge in [0.25, 0.3) is 10.0 Å². The molecule has 9 heteroatoms. The van der Waals surface area contributed by atoms with Crippen molar-refractivity contribution in [3.63, 3.8) is 0 Å². The van der Waals surface area contributed by atoms with Gasteiger partial charge in [0.05, 0.1) is 20.6 Å². The van der Waals surface area contributed by atoms with Crippen LogP contribution in [0.2, 0.25) is 10.0 Å². The number of esters is 1. The molecule has 0 aliphatic heterocycles. The third-order valence-corrected chi connectivity index (χ3v) is 6.76. The van der Waals surface area contributed by atoms with Gasteiger partial charge in [0.2, 0.25) is 0 Å². The van der Waals surface area contributed by atoms with Gasteiger partial charge in [-0.05, 0) is 30.3 Å². The summed E-state index contributed by atoms with van der Waals surface area (Å²) < 4.78 is 32.4. The van der Waals surface area contributed by atoms with E-state index in [9.17, 15) is 18.0 Å². The highest BCUT2D eigenvalue weighted by atomic mass is 35.5. The van der Waals surface area contributed by atoms with Crippen molar-refractivity contribution in [3.05, 3.63) is 94.5 Å². The van der Waals surface area contributed by atoms with Crippen molar-refractivity contribution in [2.24, 2.45) is 0 Å². The minimum Gasteiger partial charge on any atom is -0.456 e. The minimum absolute atomic E-state index is 0.0618. The number of ether oxygens (including phenoxy) is 1. The molecule has 0 atom stereocenters. The maximum Gasteiger partial charge on any atom is 0.327 e. The van der Waals surface area contributed by atoms with Crippen LogP contribution in [0, 0.1) is 0 Å². The van der Waals surface area contributed by atoms with Crippen molar-refractivity contribution in [2.75, 3.05) is 17.5 Å². The van der Waals surface area contributed by atoms with E-state index in [0.29, 0.717) is 5.56 Å². The molecule has 0 aromatic heterocycles. The van der Waals surface area contributed by atoms with E-state index in [1.807, 2.05) is 0 Å². The fraction of sp³-hybridized carbons (Fsp3) is 0.0909. The number of rotatable bonds is 8. The van der Waals surface area contributed by atoms with Gasteiger partial charge in [-0.2, -0.15) is 0 Å². The standard InChI is InChI=1S/C22H17Cl2NO5S/c23-19-12-11-18(13-20(19)24)31(28,29)25(17-9-5-2-6-10-17)14-22(27)30-15-21(26)16-7-3-1-4-8-16/h1-13H,14-15H2. The summed E-state index contributed by atoms with van der Waals surface area (Å²) in [5, 5.41) is 0.262. The molecule has 0 fully saturated rings. The lowest BCUT2D eigenvalue weighted by atomic mass is 10.1. The summed E-state index contributed by atoms with van der Waals surface area (Å²) >= 11 is 11.9. The second kappa shape index (κ2) is 9.96. The number of anilines is 1. The molecule has 0 spiro atoms. The number of ketones is 1. The number of hydrogen-bond acceptors (Lipinski definition) is 5. The molecule has 31 heavy (non-hydrogen) atoms. The van der Waals surface area contributed by atoms with E-state index in [1.165, 1.54) is 30.3 Å². The van der Waals surface area contributed by atoms with Crippen LogP contribution in [0.4, 0.5) is 5.69 Å². The summed E-state index contributed by atoms with van der Waals surface area (Å²) in [7, 11) is -4.17. The zero-order valence-corrected chi connectivity index (χ0v) is 18.4. The van der Waals surface area contributed by atoms with Crippen molar-refractivity contribution < 1.29 is 22.7 Å². The number of carbonyl (C=O) groups is 2. The highest BCUT2D eigenvalue weighted by molar-refractivity contribution is 7.92. The molecule has 0 bridgehead atoms. The van der Waals surface area contributed by atoms with Crippen LogP contribution in [-0.4, -0.2) is 33.3 Å². The van der Waals surface area contributed by atoms with E-state index in [-0.39, 0.29) is 20.6 Å². The fourth-order valence-electron chi connectivity index (χ4n) is 2.69. The molecule has 6 nitrogen and oxygen atoms in total. The van der Waals surface area contributed by atoms with Crippen LogP contribution in [0.5, 0.6) is 0 Å². The first-order valence-corrected chi connectivity index (χ1v) is 11.3. The monoisotopic (exact) mass is 477 g/mol. The lowest BCUT2D eigenvalue weighted by Gasteiger charge is -2.23.